The minimum absolute atomic E-state index is 0.0410. The van der Waals surface area contributed by atoms with Crippen LogP contribution in [0.2, 0.25) is 0 Å². The van der Waals surface area contributed by atoms with Crippen molar-refractivity contribution in [1.82, 2.24) is 10.1 Å². The molecule has 0 saturated heterocycles. The zero-order valence-corrected chi connectivity index (χ0v) is 12.7. The van der Waals surface area contributed by atoms with Crippen molar-refractivity contribution in [3.8, 4) is 6.07 Å². The predicted octanol–water partition coefficient (Wildman–Crippen LogP) is 3.75. The van der Waals surface area contributed by atoms with Crippen molar-refractivity contribution in [2.75, 3.05) is 0 Å². The number of nitriles is 1. The lowest BCUT2D eigenvalue weighted by Crippen LogP contribution is -2.09. The number of carbonyl (C=O) groups is 1. The highest BCUT2D eigenvalue weighted by Gasteiger charge is 2.21. The van der Waals surface area contributed by atoms with Crippen molar-refractivity contribution >= 4 is 5.78 Å². The van der Waals surface area contributed by atoms with Crippen LogP contribution in [0.5, 0.6) is 0 Å². The van der Waals surface area contributed by atoms with E-state index in [4.69, 9.17) is 9.78 Å². The van der Waals surface area contributed by atoms with Crippen molar-refractivity contribution < 1.29 is 9.32 Å². The number of aromatic nitrogens is 2. The van der Waals surface area contributed by atoms with Gasteiger partial charge in [-0.25, -0.2) is 0 Å². The Bertz CT molecular complexity index is 498. The molecule has 1 fully saturated rings. The molecule has 0 spiro atoms. The molecule has 1 aliphatic rings. The second-order valence-corrected chi connectivity index (χ2v) is 6.11. The van der Waals surface area contributed by atoms with Crippen LogP contribution in [0.1, 0.15) is 82.3 Å². The first-order chi connectivity index (χ1) is 10.2. The number of Topliss-reactive ketones (excluding diaryl/α,β-unsaturated/α-hetero) is 1. The first-order valence-electron chi connectivity index (χ1n) is 7.92. The zero-order chi connectivity index (χ0) is 15.1. The van der Waals surface area contributed by atoms with Gasteiger partial charge < -0.3 is 9.32 Å². The molecule has 21 heavy (non-hydrogen) atoms. The summed E-state index contributed by atoms with van der Waals surface area (Å²) in [5.41, 5.74) is 0. The van der Waals surface area contributed by atoms with Gasteiger partial charge in [0.1, 0.15) is 11.9 Å². The van der Waals surface area contributed by atoms with Gasteiger partial charge in [0.25, 0.3) is 5.82 Å². The monoisotopic (exact) mass is 289 g/mol. The van der Waals surface area contributed by atoms with Crippen LogP contribution in [-0.2, 0) is 4.79 Å². The number of carbonyl (C=O) groups excluding carboxylic acids is 1. The largest absolute Gasteiger partial charge is 0.338 e. The lowest BCUT2D eigenvalue weighted by molar-refractivity contribution is -0.117. The summed E-state index contributed by atoms with van der Waals surface area (Å²) >= 11 is 0. The number of hydrogen-bond donors (Lipinski definition) is 0. The summed E-state index contributed by atoms with van der Waals surface area (Å²) in [6.07, 6.45) is 10.4. The van der Waals surface area contributed by atoms with Gasteiger partial charge in [0.2, 0.25) is 5.89 Å². The molecule has 1 atom stereocenters. The summed E-state index contributed by atoms with van der Waals surface area (Å²) < 4.78 is 5.13. The highest BCUT2D eigenvalue weighted by Crippen LogP contribution is 2.31. The van der Waals surface area contributed by atoms with Crippen LogP contribution in [0.3, 0.4) is 0 Å². The number of ketones is 1. The summed E-state index contributed by atoms with van der Waals surface area (Å²) in [5.74, 6) is 1.40. The summed E-state index contributed by atoms with van der Waals surface area (Å²) in [6, 6.07) is 1.86. The Morgan fingerprint density at radius 1 is 1.43 bits per heavy atom. The Morgan fingerprint density at radius 2 is 2.19 bits per heavy atom. The molecule has 1 unspecified atom stereocenters. The highest BCUT2D eigenvalue weighted by molar-refractivity contribution is 5.76. The van der Waals surface area contributed by atoms with E-state index in [2.05, 4.69) is 10.1 Å². The van der Waals surface area contributed by atoms with Gasteiger partial charge >= 0.3 is 0 Å². The van der Waals surface area contributed by atoms with Crippen molar-refractivity contribution in [2.24, 2.45) is 5.92 Å². The molecule has 0 N–H and O–H groups in total. The highest BCUT2D eigenvalue weighted by atomic mass is 16.5. The van der Waals surface area contributed by atoms with Gasteiger partial charge in [0.05, 0.1) is 0 Å². The lowest BCUT2D eigenvalue weighted by Gasteiger charge is -2.22. The molecule has 114 valence electrons. The Hall–Kier alpha value is -1.70. The van der Waals surface area contributed by atoms with E-state index in [-0.39, 0.29) is 17.5 Å². The molecule has 0 aliphatic heterocycles. The standard InChI is InChI=1S/C16H23N3O2/c1-12(20)10-14(16-18-15(11-17)19-21-16)9-5-8-13-6-3-2-4-7-13/h13-14H,2-10H2,1H3. The fourth-order valence-electron chi connectivity index (χ4n) is 3.24. The van der Waals surface area contributed by atoms with E-state index in [1.54, 1.807) is 6.92 Å². The second-order valence-electron chi connectivity index (χ2n) is 6.11. The first-order valence-corrected chi connectivity index (χ1v) is 7.92. The molecule has 5 heteroatoms. The molecule has 1 aliphatic carbocycles. The van der Waals surface area contributed by atoms with Crippen LogP contribution in [0, 0.1) is 17.2 Å². The number of hydrogen-bond acceptors (Lipinski definition) is 5. The maximum Gasteiger partial charge on any atom is 0.273 e. The van der Waals surface area contributed by atoms with Crippen molar-refractivity contribution in [3.63, 3.8) is 0 Å². The topological polar surface area (TPSA) is 79.8 Å². The Morgan fingerprint density at radius 3 is 2.81 bits per heavy atom. The predicted molar refractivity (Wildman–Crippen MR) is 77.5 cm³/mol. The Kier molecular flexibility index (Phi) is 5.91. The van der Waals surface area contributed by atoms with E-state index in [9.17, 15) is 4.79 Å². The molecular weight excluding hydrogens is 266 g/mol. The van der Waals surface area contributed by atoms with Crippen LogP contribution in [0.25, 0.3) is 0 Å². The smallest absolute Gasteiger partial charge is 0.273 e. The number of nitrogens with zero attached hydrogens (tertiary/aromatic N) is 3. The summed E-state index contributed by atoms with van der Waals surface area (Å²) in [5, 5.41) is 12.4. The molecule has 0 bridgehead atoms. The third-order valence-corrected chi connectivity index (χ3v) is 4.31. The molecular formula is C16H23N3O2. The summed E-state index contributed by atoms with van der Waals surface area (Å²) in [7, 11) is 0. The van der Waals surface area contributed by atoms with Crippen LogP contribution >= 0.6 is 0 Å². The van der Waals surface area contributed by atoms with Gasteiger partial charge in [-0.1, -0.05) is 44.9 Å². The van der Waals surface area contributed by atoms with E-state index in [0.717, 1.165) is 18.8 Å². The quantitative estimate of drug-likeness (QED) is 0.763. The fourth-order valence-corrected chi connectivity index (χ4v) is 3.24. The molecule has 0 radical (unpaired) electrons. The van der Waals surface area contributed by atoms with Gasteiger partial charge in [-0.15, -0.1) is 0 Å². The van der Waals surface area contributed by atoms with Gasteiger partial charge in [0.15, 0.2) is 0 Å². The zero-order valence-electron chi connectivity index (χ0n) is 12.7. The molecule has 0 amide bonds. The van der Waals surface area contributed by atoms with E-state index in [1.807, 2.05) is 6.07 Å². The Balaban J connectivity index is 1.87. The molecule has 5 nitrogen and oxygen atoms in total. The van der Waals surface area contributed by atoms with Gasteiger partial charge in [-0.05, 0) is 24.4 Å². The maximum absolute atomic E-state index is 11.4. The molecule has 1 heterocycles. The fraction of sp³-hybridized carbons (Fsp3) is 0.750. The van der Waals surface area contributed by atoms with Crippen LogP contribution in [0.15, 0.2) is 4.52 Å². The van der Waals surface area contributed by atoms with Crippen LogP contribution < -0.4 is 0 Å². The van der Waals surface area contributed by atoms with Gasteiger partial charge in [-0.3, -0.25) is 0 Å². The Labute approximate surface area is 125 Å². The average Bonchev–Trinajstić information content (AvgIpc) is 2.96. The van der Waals surface area contributed by atoms with E-state index in [0.29, 0.717) is 12.3 Å². The molecule has 1 aromatic heterocycles. The second kappa shape index (κ2) is 7.92. The third kappa shape index (κ3) is 4.96. The molecule has 1 aromatic rings. The van der Waals surface area contributed by atoms with E-state index in [1.165, 1.54) is 38.5 Å². The van der Waals surface area contributed by atoms with Crippen LogP contribution in [0.4, 0.5) is 0 Å². The van der Waals surface area contributed by atoms with E-state index < -0.39 is 0 Å². The minimum atomic E-state index is -0.0410. The lowest BCUT2D eigenvalue weighted by atomic mass is 9.84. The number of rotatable bonds is 7. The maximum atomic E-state index is 11.4. The van der Waals surface area contributed by atoms with E-state index >= 15 is 0 Å². The van der Waals surface area contributed by atoms with Gasteiger partial charge in [-0.2, -0.15) is 10.2 Å². The summed E-state index contributed by atoms with van der Waals surface area (Å²) in [6.45, 7) is 1.58. The first kappa shape index (κ1) is 15.7. The SMILES string of the molecule is CC(=O)CC(CCCC1CCCCC1)c1nc(C#N)no1. The third-order valence-electron chi connectivity index (χ3n) is 4.31. The molecule has 2 rings (SSSR count). The van der Waals surface area contributed by atoms with Crippen LogP contribution in [-0.4, -0.2) is 15.9 Å². The molecule has 1 saturated carbocycles. The average molecular weight is 289 g/mol. The van der Waals surface area contributed by atoms with Gasteiger partial charge in [0, 0.05) is 12.3 Å². The summed E-state index contributed by atoms with van der Waals surface area (Å²) in [4.78, 5) is 15.5. The van der Waals surface area contributed by atoms with Crippen molar-refractivity contribution in [1.29, 1.82) is 5.26 Å². The normalized spacial score (nSPS) is 17.3. The van der Waals surface area contributed by atoms with Crippen molar-refractivity contribution in [3.05, 3.63) is 11.7 Å². The van der Waals surface area contributed by atoms with Crippen molar-refractivity contribution in [2.45, 2.75) is 70.6 Å². The minimum Gasteiger partial charge on any atom is -0.338 e. The molecule has 0 aromatic carbocycles.